The van der Waals surface area contributed by atoms with Crippen molar-refractivity contribution in [2.45, 2.75) is 32.3 Å². The topological polar surface area (TPSA) is 86.5 Å². The van der Waals surface area contributed by atoms with Crippen LogP contribution >= 0.6 is 0 Å². The van der Waals surface area contributed by atoms with Crippen LogP contribution < -0.4 is 11.1 Å². The summed E-state index contributed by atoms with van der Waals surface area (Å²) in [7, 11) is 0. The highest BCUT2D eigenvalue weighted by atomic mass is 16.5. The molecular weight excluding hydrogens is 258 g/mol. The summed E-state index contributed by atoms with van der Waals surface area (Å²) in [5.74, 6) is 0.0612. The first kappa shape index (κ1) is 14.6. The first-order chi connectivity index (χ1) is 9.56. The quantitative estimate of drug-likeness (QED) is 0.800. The van der Waals surface area contributed by atoms with Crippen LogP contribution in [0, 0.1) is 0 Å². The molecule has 110 valence electrons. The first-order valence-corrected chi connectivity index (χ1v) is 6.85. The van der Waals surface area contributed by atoms with Gasteiger partial charge in [0, 0.05) is 19.3 Å². The lowest BCUT2D eigenvalue weighted by Crippen LogP contribution is -2.33. The van der Waals surface area contributed by atoms with E-state index in [1.165, 1.54) is 0 Å². The predicted molar refractivity (Wildman–Crippen MR) is 76.7 cm³/mol. The lowest BCUT2D eigenvalue weighted by molar-refractivity contribution is 0.0315. The Kier molecular flexibility index (Phi) is 4.44. The van der Waals surface area contributed by atoms with Crippen molar-refractivity contribution in [2.24, 2.45) is 0 Å². The summed E-state index contributed by atoms with van der Waals surface area (Å²) in [6.45, 7) is 5.51. The molecule has 1 aromatic heterocycles. The molecule has 1 atom stereocenters. The fourth-order valence-electron chi connectivity index (χ4n) is 2.25. The molecular formula is C14H21N3O3. The molecule has 0 bridgehead atoms. The molecule has 1 fully saturated rings. The summed E-state index contributed by atoms with van der Waals surface area (Å²) in [6, 6.07) is 1.56. The van der Waals surface area contributed by atoms with Crippen LogP contribution in [0.5, 0.6) is 0 Å². The van der Waals surface area contributed by atoms with Crippen LogP contribution in [0.2, 0.25) is 0 Å². The van der Waals surface area contributed by atoms with E-state index in [1.807, 2.05) is 0 Å². The van der Waals surface area contributed by atoms with Gasteiger partial charge in [0.05, 0.1) is 23.5 Å². The number of pyridine rings is 1. The second-order valence-electron chi connectivity index (χ2n) is 5.10. The van der Waals surface area contributed by atoms with Crippen molar-refractivity contribution < 1.29 is 14.3 Å². The molecule has 0 amide bonds. The number of ether oxygens (including phenoxy) is 2. The van der Waals surface area contributed by atoms with Gasteiger partial charge in [0.15, 0.2) is 0 Å². The molecule has 1 unspecified atom stereocenters. The van der Waals surface area contributed by atoms with Crippen molar-refractivity contribution in [2.75, 3.05) is 30.8 Å². The fourth-order valence-corrected chi connectivity index (χ4v) is 2.25. The summed E-state index contributed by atoms with van der Waals surface area (Å²) in [6.07, 6.45) is 3.60. The zero-order chi connectivity index (χ0) is 14.6. The molecule has 0 aromatic carbocycles. The summed E-state index contributed by atoms with van der Waals surface area (Å²) < 4.78 is 10.7. The Morgan fingerprint density at radius 3 is 3.10 bits per heavy atom. The highest BCUT2D eigenvalue weighted by Gasteiger charge is 2.29. The van der Waals surface area contributed by atoms with Gasteiger partial charge in [0.25, 0.3) is 0 Å². The summed E-state index contributed by atoms with van der Waals surface area (Å²) in [4.78, 5) is 15.9. The van der Waals surface area contributed by atoms with Crippen molar-refractivity contribution in [1.29, 1.82) is 0 Å². The summed E-state index contributed by atoms with van der Waals surface area (Å²) in [5.41, 5.74) is 6.42. The molecule has 1 saturated heterocycles. The van der Waals surface area contributed by atoms with Crippen LogP contribution in [0.15, 0.2) is 12.3 Å². The Hall–Kier alpha value is -1.82. The maximum Gasteiger partial charge on any atom is 0.340 e. The number of nitrogens with two attached hydrogens (primary N) is 1. The Labute approximate surface area is 118 Å². The van der Waals surface area contributed by atoms with E-state index in [2.05, 4.69) is 17.2 Å². The van der Waals surface area contributed by atoms with Crippen molar-refractivity contribution in [1.82, 2.24) is 4.98 Å². The molecule has 6 nitrogen and oxygen atoms in total. The molecule has 20 heavy (non-hydrogen) atoms. The molecule has 0 saturated carbocycles. The summed E-state index contributed by atoms with van der Waals surface area (Å²) in [5, 5.41) is 3.16. The summed E-state index contributed by atoms with van der Waals surface area (Å²) >= 11 is 0. The second-order valence-corrected chi connectivity index (χ2v) is 5.10. The number of aromatic nitrogens is 1. The van der Waals surface area contributed by atoms with Gasteiger partial charge in [-0.05, 0) is 32.8 Å². The normalized spacial score (nSPS) is 21.7. The number of hydrogen-bond acceptors (Lipinski definition) is 6. The largest absolute Gasteiger partial charge is 0.462 e. The van der Waals surface area contributed by atoms with Crippen molar-refractivity contribution in [3.05, 3.63) is 17.8 Å². The molecule has 6 heteroatoms. The number of nitrogens with zero attached hydrogens (tertiary/aromatic N) is 1. The minimum Gasteiger partial charge on any atom is -0.462 e. The van der Waals surface area contributed by atoms with Gasteiger partial charge in [-0.25, -0.2) is 9.78 Å². The molecule has 0 radical (unpaired) electrons. The monoisotopic (exact) mass is 279 g/mol. The van der Waals surface area contributed by atoms with Crippen LogP contribution in [0.3, 0.4) is 0 Å². The van der Waals surface area contributed by atoms with Crippen LogP contribution in [-0.2, 0) is 9.47 Å². The number of nitrogens with one attached hydrogen (secondary N) is 1. The third-order valence-corrected chi connectivity index (χ3v) is 3.42. The van der Waals surface area contributed by atoms with E-state index in [-0.39, 0.29) is 5.60 Å². The van der Waals surface area contributed by atoms with Crippen LogP contribution in [0.4, 0.5) is 11.5 Å². The average Bonchev–Trinajstić information content (AvgIpc) is 2.85. The standard InChI is InChI=1S/C14H21N3O3/c1-3-19-13(18)10-5-7-16-12(11(10)15)17-9-14(2)6-4-8-20-14/h5,7H,3-4,6,8-9,15H2,1-2H3,(H,16,17). The van der Waals surface area contributed by atoms with Crippen LogP contribution in [0.1, 0.15) is 37.0 Å². The average molecular weight is 279 g/mol. The zero-order valence-electron chi connectivity index (χ0n) is 11.9. The molecule has 2 heterocycles. The van der Waals surface area contributed by atoms with Crippen LogP contribution in [-0.4, -0.2) is 36.3 Å². The van der Waals surface area contributed by atoms with E-state index in [4.69, 9.17) is 15.2 Å². The van der Waals surface area contributed by atoms with E-state index in [0.717, 1.165) is 19.4 Å². The predicted octanol–water partition coefficient (Wildman–Crippen LogP) is 1.82. The number of anilines is 2. The first-order valence-electron chi connectivity index (χ1n) is 6.85. The fraction of sp³-hybridized carbons (Fsp3) is 0.571. The van der Waals surface area contributed by atoms with E-state index in [1.54, 1.807) is 19.2 Å². The second kappa shape index (κ2) is 6.09. The van der Waals surface area contributed by atoms with Crippen molar-refractivity contribution >= 4 is 17.5 Å². The Morgan fingerprint density at radius 2 is 2.45 bits per heavy atom. The molecule has 2 rings (SSSR count). The molecule has 0 spiro atoms. The number of rotatable bonds is 5. The van der Waals surface area contributed by atoms with Gasteiger partial charge >= 0.3 is 5.97 Å². The van der Waals surface area contributed by atoms with Gasteiger partial charge in [-0.2, -0.15) is 0 Å². The van der Waals surface area contributed by atoms with Crippen molar-refractivity contribution in [3.8, 4) is 0 Å². The Morgan fingerprint density at radius 1 is 1.65 bits per heavy atom. The number of nitrogen functional groups attached to an aromatic ring is 1. The molecule has 0 aliphatic carbocycles. The minimum atomic E-state index is -0.432. The smallest absolute Gasteiger partial charge is 0.340 e. The molecule has 3 N–H and O–H groups in total. The maximum atomic E-state index is 11.8. The van der Waals surface area contributed by atoms with Gasteiger partial charge in [0.1, 0.15) is 5.82 Å². The zero-order valence-corrected chi connectivity index (χ0v) is 11.9. The van der Waals surface area contributed by atoms with E-state index >= 15 is 0 Å². The van der Waals surface area contributed by atoms with Gasteiger partial charge in [-0.3, -0.25) is 0 Å². The Balaban J connectivity index is 2.08. The number of esters is 1. The van der Waals surface area contributed by atoms with E-state index in [0.29, 0.717) is 30.2 Å². The third kappa shape index (κ3) is 3.19. The molecule has 1 aliphatic rings. The maximum absolute atomic E-state index is 11.8. The third-order valence-electron chi connectivity index (χ3n) is 3.42. The lowest BCUT2D eigenvalue weighted by Gasteiger charge is -2.24. The lowest BCUT2D eigenvalue weighted by atomic mass is 10.0. The van der Waals surface area contributed by atoms with Crippen molar-refractivity contribution in [3.63, 3.8) is 0 Å². The number of carbonyl (C=O) groups is 1. The minimum absolute atomic E-state index is 0.200. The van der Waals surface area contributed by atoms with Gasteiger partial charge in [-0.15, -0.1) is 0 Å². The van der Waals surface area contributed by atoms with Gasteiger partial charge in [-0.1, -0.05) is 0 Å². The van der Waals surface area contributed by atoms with Gasteiger partial charge in [0.2, 0.25) is 0 Å². The highest BCUT2D eigenvalue weighted by Crippen LogP contribution is 2.27. The van der Waals surface area contributed by atoms with E-state index < -0.39 is 5.97 Å². The number of hydrogen-bond donors (Lipinski definition) is 2. The van der Waals surface area contributed by atoms with Crippen LogP contribution in [0.25, 0.3) is 0 Å². The van der Waals surface area contributed by atoms with E-state index in [9.17, 15) is 4.79 Å². The molecule has 1 aromatic rings. The Bertz CT molecular complexity index is 485. The van der Waals surface area contributed by atoms with Gasteiger partial charge < -0.3 is 20.5 Å². The highest BCUT2D eigenvalue weighted by molar-refractivity contribution is 5.97. The molecule has 1 aliphatic heterocycles. The number of carbonyl (C=O) groups excluding carboxylic acids is 1. The SMILES string of the molecule is CCOC(=O)c1ccnc(NCC2(C)CCCO2)c1N.